The van der Waals surface area contributed by atoms with Crippen molar-refractivity contribution in [3.63, 3.8) is 0 Å². The van der Waals surface area contributed by atoms with Gasteiger partial charge in [0.15, 0.2) is 0 Å². The summed E-state index contributed by atoms with van der Waals surface area (Å²) in [6, 6.07) is 14.8. The molecule has 0 saturated carbocycles. The Balaban J connectivity index is 2.06. The first kappa shape index (κ1) is 22.8. The van der Waals surface area contributed by atoms with Crippen LogP contribution in [0.2, 0.25) is 5.02 Å². The summed E-state index contributed by atoms with van der Waals surface area (Å²) in [4.78, 5) is 26.9. The van der Waals surface area contributed by atoms with Gasteiger partial charge >= 0.3 is 0 Å². The zero-order chi connectivity index (χ0) is 20.5. The highest BCUT2D eigenvalue weighted by atomic mass is 79.9. The minimum Gasteiger partial charge on any atom is -0.355 e. The highest BCUT2D eigenvalue weighted by molar-refractivity contribution is 9.10. The molecule has 0 aliphatic rings. The number of hydrogen-bond donors (Lipinski definition) is 1. The smallest absolute Gasteiger partial charge is 0.242 e. The zero-order valence-corrected chi connectivity index (χ0v) is 19.1. The van der Waals surface area contributed by atoms with Gasteiger partial charge in [-0.15, -0.1) is 11.8 Å². The van der Waals surface area contributed by atoms with Gasteiger partial charge in [0.25, 0.3) is 0 Å². The molecule has 1 atom stereocenters. The number of rotatable bonds is 9. The molecule has 150 valence electrons. The monoisotopic (exact) mass is 482 g/mol. The van der Waals surface area contributed by atoms with Crippen molar-refractivity contribution in [3.05, 3.63) is 69.2 Å². The number of nitrogens with zero attached hydrogens (tertiary/aromatic N) is 1. The van der Waals surface area contributed by atoms with Crippen molar-refractivity contribution in [2.24, 2.45) is 0 Å². The first-order chi connectivity index (χ1) is 13.4. The van der Waals surface area contributed by atoms with Crippen LogP contribution in [0.25, 0.3) is 0 Å². The Morgan fingerprint density at radius 3 is 2.50 bits per heavy atom. The Labute approximate surface area is 184 Å². The van der Waals surface area contributed by atoms with Gasteiger partial charge in [0.1, 0.15) is 6.04 Å². The van der Waals surface area contributed by atoms with E-state index in [9.17, 15) is 9.59 Å². The minimum absolute atomic E-state index is 0.0826. The largest absolute Gasteiger partial charge is 0.355 e. The fourth-order valence-electron chi connectivity index (χ4n) is 2.63. The molecular weight excluding hydrogens is 460 g/mol. The molecule has 0 spiro atoms. The number of halogens is 2. The van der Waals surface area contributed by atoms with E-state index in [0.717, 1.165) is 21.4 Å². The predicted molar refractivity (Wildman–Crippen MR) is 120 cm³/mol. The van der Waals surface area contributed by atoms with Gasteiger partial charge in [0.05, 0.1) is 5.75 Å². The van der Waals surface area contributed by atoms with Crippen LogP contribution in [0.1, 0.15) is 25.0 Å². The predicted octanol–water partition coefficient (Wildman–Crippen LogP) is 4.89. The van der Waals surface area contributed by atoms with Crippen LogP contribution in [-0.4, -0.2) is 35.1 Å². The summed E-state index contributed by atoms with van der Waals surface area (Å²) in [5, 5.41) is 3.38. The summed E-state index contributed by atoms with van der Waals surface area (Å²) >= 11 is 11.2. The third-order valence-electron chi connectivity index (χ3n) is 4.22. The van der Waals surface area contributed by atoms with Crippen LogP contribution in [0.15, 0.2) is 53.0 Å². The zero-order valence-electron chi connectivity index (χ0n) is 16.0. The Bertz CT molecular complexity index is 801. The van der Waals surface area contributed by atoms with Crippen molar-refractivity contribution >= 4 is 51.1 Å². The molecule has 0 saturated heterocycles. The molecule has 28 heavy (non-hydrogen) atoms. The molecule has 0 heterocycles. The van der Waals surface area contributed by atoms with Crippen molar-refractivity contribution in [3.8, 4) is 0 Å². The van der Waals surface area contributed by atoms with Gasteiger partial charge in [-0.25, -0.2) is 0 Å². The maximum Gasteiger partial charge on any atom is 0.242 e. The maximum atomic E-state index is 12.9. The second-order valence-electron chi connectivity index (χ2n) is 6.30. The van der Waals surface area contributed by atoms with Gasteiger partial charge in [-0.1, -0.05) is 57.9 Å². The summed E-state index contributed by atoms with van der Waals surface area (Å²) in [5.74, 6) is 0.778. The Morgan fingerprint density at radius 1 is 1.18 bits per heavy atom. The number of carbonyl (C=O) groups excluding carboxylic acids is 2. The molecule has 0 fully saturated rings. The summed E-state index contributed by atoms with van der Waals surface area (Å²) in [5.41, 5.74) is 1.97. The van der Waals surface area contributed by atoms with E-state index in [4.69, 9.17) is 11.6 Å². The lowest BCUT2D eigenvalue weighted by molar-refractivity contribution is -0.138. The number of likely N-dealkylation sites (N-methyl/N-ethyl adjacent to an activating group) is 1. The van der Waals surface area contributed by atoms with Crippen LogP contribution in [0.4, 0.5) is 0 Å². The minimum atomic E-state index is -0.572. The Kier molecular flexibility index (Phi) is 9.35. The number of nitrogens with one attached hydrogen (secondary N) is 1. The highest BCUT2D eigenvalue weighted by Crippen LogP contribution is 2.21. The fraction of sp³-hybridized carbons (Fsp3) is 0.333. The number of thioether (sulfide) groups is 1. The third-order valence-corrected chi connectivity index (χ3v) is 6.11. The van der Waals surface area contributed by atoms with Crippen molar-refractivity contribution in [1.82, 2.24) is 10.2 Å². The van der Waals surface area contributed by atoms with E-state index in [1.165, 1.54) is 11.8 Å². The van der Waals surface area contributed by atoms with Gasteiger partial charge in [0.2, 0.25) is 11.8 Å². The molecule has 0 aromatic heterocycles. The van der Waals surface area contributed by atoms with Gasteiger partial charge in [-0.05, 0) is 43.2 Å². The van der Waals surface area contributed by atoms with E-state index in [0.29, 0.717) is 23.9 Å². The normalized spacial score (nSPS) is 11.7. The van der Waals surface area contributed by atoms with E-state index in [2.05, 4.69) is 21.2 Å². The van der Waals surface area contributed by atoms with Gasteiger partial charge in [0, 0.05) is 28.3 Å². The average molecular weight is 484 g/mol. The van der Waals surface area contributed by atoms with Crippen LogP contribution >= 0.6 is 39.3 Å². The van der Waals surface area contributed by atoms with Gasteiger partial charge in [-0.2, -0.15) is 0 Å². The van der Waals surface area contributed by atoms with Crippen LogP contribution in [-0.2, 0) is 21.9 Å². The quantitative estimate of drug-likeness (QED) is 0.552. The topological polar surface area (TPSA) is 49.4 Å². The number of benzene rings is 2. The molecule has 7 heteroatoms. The van der Waals surface area contributed by atoms with E-state index >= 15 is 0 Å². The molecule has 4 nitrogen and oxygen atoms in total. The molecule has 1 N–H and O–H groups in total. The first-order valence-electron chi connectivity index (χ1n) is 9.05. The second kappa shape index (κ2) is 11.5. The molecule has 0 unspecified atom stereocenters. The Hall–Kier alpha value is -1.50. The first-order valence-corrected chi connectivity index (χ1v) is 11.4. The lowest BCUT2D eigenvalue weighted by Gasteiger charge is -2.29. The molecule has 2 aromatic rings. The molecule has 2 rings (SSSR count). The summed E-state index contributed by atoms with van der Waals surface area (Å²) in [7, 11) is 0. The van der Waals surface area contributed by atoms with E-state index in [1.807, 2.05) is 49.4 Å². The van der Waals surface area contributed by atoms with Crippen molar-refractivity contribution in [2.75, 3.05) is 12.3 Å². The molecule has 0 aliphatic carbocycles. The molecule has 2 aromatic carbocycles. The average Bonchev–Trinajstić information content (AvgIpc) is 2.68. The van der Waals surface area contributed by atoms with E-state index in [1.54, 1.807) is 17.9 Å². The second-order valence-corrected chi connectivity index (χ2v) is 8.61. The lowest BCUT2D eigenvalue weighted by Crippen LogP contribution is -2.48. The van der Waals surface area contributed by atoms with E-state index in [-0.39, 0.29) is 11.8 Å². The maximum absolute atomic E-state index is 12.9. The summed E-state index contributed by atoms with van der Waals surface area (Å²) < 4.78 is 1.03. The van der Waals surface area contributed by atoms with Crippen LogP contribution in [0, 0.1) is 0 Å². The Morgan fingerprint density at radius 2 is 1.86 bits per heavy atom. The number of amides is 2. The van der Waals surface area contributed by atoms with Crippen LogP contribution < -0.4 is 5.32 Å². The molecule has 0 bridgehead atoms. The summed E-state index contributed by atoms with van der Waals surface area (Å²) in [6.45, 7) is 4.43. The summed E-state index contributed by atoms with van der Waals surface area (Å²) in [6.07, 6.45) is 0. The van der Waals surface area contributed by atoms with Gasteiger partial charge < -0.3 is 10.2 Å². The van der Waals surface area contributed by atoms with Crippen LogP contribution in [0.3, 0.4) is 0 Å². The van der Waals surface area contributed by atoms with Crippen molar-refractivity contribution < 1.29 is 9.59 Å². The van der Waals surface area contributed by atoms with Crippen molar-refractivity contribution in [1.29, 1.82) is 0 Å². The van der Waals surface area contributed by atoms with Crippen molar-refractivity contribution in [2.45, 2.75) is 32.2 Å². The molecular formula is C21H24BrClN2O2S. The number of carbonyl (C=O) groups is 2. The standard InChI is InChI=1S/C21H24BrClN2O2S/c1-3-24-21(27)15(2)25(12-17-6-4-5-7-19(17)23)20(26)14-28-13-16-8-10-18(22)11-9-16/h4-11,15H,3,12-14H2,1-2H3,(H,24,27)/t15-/m1/s1. The van der Waals surface area contributed by atoms with E-state index < -0.39 is 6.04 Å². The highest BCUT2D eigenvalue weighted by Gasteiger charge is 2.26. The SMILES string of the molecule is CCNC(=O)[C@@H](C)N(Cc1ccccc1Cl)C(=O)CSCc1ccc(Br)cc1. The fourth-order valence-corrected chi connectivity index (χ4v) is 3.96. The molecule has 0 aliphatic heterocycles. The van der Waals surface area contributed by atoms with Gasteiger partial charge in [-0.3, -0.25) is 9.59 Å². The number of hydrogen-bond acceptors (Lipinski definition) is 3. The molecule has 2 amide bonds. The third kappa shape index (κ3) is 6.83. The molecule has 0 radical (unpaired) electrons. The lowest BCUT2D eigenvalue weighted by atomic mass is 10.1. The van der Waals surface area contributed by atoms with Crippen LogP contribution in [0.5, 0.6) is 0 Å².